The van der Waals surface area contributed by atoms with Gasteiger partial charge >= 0.3 is 0 Å². The van der Waals surface area contributed by atoms with Gasteiger partial charge in [0.25, 0.3) is 0 Å². The number of nitrogens with zero attached hydrogens (tertiary/aromatic N) is 2. The van der Waals surface area contributed by atoms with Crippen LogP contribution in [0.4, 0.5) is 0 Å². The molecule has 80 valence electrons. The molecule has 1 heterocycles. The van der Waals surface area contributed by atoms with Gasteiger partial charge in [-0.1, -0.05) is 0 Å². The largest absolute Gasteiger partial charge is 0.494 e. The van der Waals surface area contributed by atoms with E-state index in [-0.39, 0.29) is 0 Å². The molecule has 2 rings (SSSR count). The number of methoxy groups -OCH3 is 2. The second-order valence-corrected chi connectivity index (χ2v) is 3.39. The highest BCUT2D eigenvalue weighted by Crippen LogP contribution is 2.32. The number of rotatable bonds is 2. The first-order valence-electron chi connectivity index (χ1n) is 4.73. The summed E-state index contributed by atoms with van der Waals surface area (Å²) in [4.78, 5) is 4.45. The molecule has 0 radical (unpaired) electrons. The maximum Gasteiger partial charge on any atom is 0.146 e. The predicted molar refractivity (Wildman–Crippen MR) is 58.6 cm³/mol. The first kappa shape index (κ1) is 9.83. The maximum atomic E-state index is 5.30. The molecule has 0 N–H and O–H groups in total. The van der Waals surface area contributed by atoms with Crippen LogP contribution in [-0.2, 0) is 7.05 Å². The topological polar surface area (TPSA) is 36.3 Å². The van der Waals surface area contributed by atoms with E-state index in [0.29, 0.717) is 0 Å². The van der Waals surface area contributed by atoms with E-state index >= 15 is 0 Å². The number of hydrogen-bond acceptors (Lipinski definition) is 3. The molecule has 0 saturated carbocycles. The van der Waals surface area contributed by atoms with Gasteiger partial charge in [0.1, 0.15) is 28.4 Å². The van der Waals surface area contributed by atoms with E-state index in [1.807, 2.05) is 30.7 Å². The predicted octanol–water partition coefficient (Wildman–Crippen LogP) is 1.90. The van der Waals surface area contributed by atoms with Crippen LogP contribution in [0.1, 0.15) is 5.82 Å². The van der Waals surface area contributed by atoms with Gasteiger partial charge in [0.05, 0.1) is 14.2 Å². The highest BCUT2D eigenvalue weighted by Gasteiger charge is 2.13. The summed E-state index contributed by atoms with van der Waals surface area (Å²) in [7, 11) is 5.27. The van der Waals surface area contributed by atoms with Gasteiger partial charge < -0.3 is 14.0 Å². The molecule has 0 aliphatic rings. The lowest BCUT2D eigenvalue weighted by molar-refractivity contribution is 0.409. The first-order chi connectivity index (χ1) is 7.19. The number of imidazole rings is 1. The maximum absolute atomic E-state index is 5.30. The Labute approximate surface area is 88.4 Å². The van der Waals surface area contributed by atoms with Crippen LogP contribution in [-0.4, -0.2) is 23.8 Å². The molecule has 2 aromatic rings. The summed E-state index contributed by atoms with van der Waals surface area (Å²) in [5, 5.41) is 0. The van der Waals surface area contributed by atoms with Crippen LogP contribution in [0.3, 0.4) is 0 Å². The van der Waals surface area contributed by atoms with Gasteiger partial charge in [0.2, 0.25) is 0 Å². The van der Waals surface area contributed by atoms with Crippen molar-refractivity contribution in [3.63, 3.8) is 0 Å². The molecule has 0 fully saturated rings. The molecular weight excluding hydrogens is 192 g/mol. The van der Waals surface area contributed by atoms with Crippen LogP contribution >= 0.6 is 0 Å². The Morgan fingerprint density at radius 1 is 1.13 bits per heavy atom. The van der Waals surface area contributed by atoms with Gasteiger partial charge in [-0.3, -0.25) is 0 Å². The quantitative estimate of drug-likeness (QED) is 0.753. The molecule has 0 atom stereocenters. The van der Waals surface area contributed by atoms with E-state index < -0.39 is 0 Å². The Bertz CT molecular complexity index is 503. The zero-order valence-corrected chi connectivity index (χ0v) is 9.37. The molecule has 0 amide bonds. The van der Waals surface area contributed by atoms with Crippen molar-refractivity contribution in [3.8, 4) is 11.5 Å². The molecule has 15 heavy (non-hydrogen) atoms. The normalized spacial score (nSPS) is 10.7. The van der Waals surface area contributed by atoms with Crippen molar-refractivity contribution in [1.29, 1.82) is 0 Å². The Morgan fingerprint density at radius 3 is 2.33 bits per heavy atom. The van der Waals surface area contributed by atoms with E-state index in [1.54, 1.807) is 14.2 Å². The summed E-state index contributed by atoms with van der Waals surface area (Å²) >= 11 is 0. The van der Waals surface area contributed by atoms with Crippen molar-refractivity contribution < 1.29 is 9.47 Å². The molecule has 0 saturated heterocycles. The number of benzene rings is 1. The molecular formula is C11H14N2O2. The van der Waals surface area contributed by atoms with E-state index in [4.69, 9.17) is 9.47 Å². The third kappa shape index (κ3) is 1.33. The zero-order valence-electron chi connectivity index (χ0n) is 9.37. The van der Waals surface area contributed by atoms with Crippen molar-refractivity contribution in [2.24, 2.45) is 7.05 Å². The molecule has 0 aliphatic heterocycles. The zero-order chi connectivity index (χ0) is 11.0. The molecule has 4 heteroatoms. The molecule has 1 aromatic carbocycles. The lowest BCUT2D eigenvalue weighted by atomic mass is 10.2. The molecule has 0 spiro atoms. The fourth-order valence-electron chi connectivity index (χ4n) is 1.70. The molecule has 1 aromatic heterocycles. The second-order valence-electron chi connectivity index (χ2n) is 3.39. The van der Waals surface area contributed by atoms with Gasteiger partial charge in [-0.2, -0.15) is 0 Å². The average Bonchev–Trinajstić information content (AvgIpc) is 2.55. The van der Waals surface area contributed by atoms with Crippen LogP contribution in [0.2, 0.25) is 0 Å². The highest BCUT2D eigenvalue weighted by molar-refractivity contribution is 5.88. The Kier molecular flexibility index (Phi) is 2.26. The summed E-state index contributed by atoms with van der Waals surface area (Å²) < 4.78 is 12.6. The monoisotopic (exact) mass is 206 g/mol. The Morgan fingerprint density at radius 2 is 1.73 bits per heavy atom. The number of hydrogen-bond donors (Lipinski definition) is 0. The second kappa shape index (κ2) is 3.46. The minimum absolute atomic E-state index is 0.773. The number of aromatic nitrogens is 2. The average molecular weight is 206 g/mol. The summed E-state index contributed by atoms with van der Waals surface area (Å²) in [6, 6.07) is 3.76. The highest BCUT2D eigenvalue weighted by atomic mass is 16.5. The van der Waals surface area contributed by atoms with E-state index in [9.17, 15) is 0 Å². The minimum atomic E-state index is 0.773. The van der Waals surface area contributed by atoms with Crippen molar-refractivity contribution in [1.82, 2.24) is 9.55 Å². The summed E-state index contributed by atoms with van der Waals surface area (Å²) in [6.07, 6.45) is 0. The SMILES string of the molecule is COc1ccc(OC)c2c1nc(C)n2C. The molecule has 0 unspecified atom stereocenters. The van der Waals surface area contributed by atoms with Gasteiger partial charge in [0.15, 0.2) is 0 Å². The fourth-order valence-corrected chi connectivity index (χ4v) is 1.70. The summed E-state index contributed by atoms with van der Waals surface area (Å²) in [5.41, 5.74) is 1.81. The van der Waals surface area contributed by atoms with Crippen molar-refractivity contribution in [2.45, 2.75) is 6.92 Å². The number of fused-ring (bicyclic) bond motifs is 1. The molecule has 0 bridgehead atoms. The molecule has 4 nitrogen and oxygen atoms in total. The van der Waals surface area contributed by atoms with Gasteiger partial charge in [-0.15, -0.1) is 0 Å². The van der Waals surface area contributed by atoms with E-state index in [1.165, 1.54) is 0 Å². The summed E-state index contributed by atoms with van der Waals surface area (Å²) in [6.45, 7) is 1.96. The van der Waals surface area contributed by atoms with Gasteiger partial charge in [-0.05, 0) is 19.1 Å². The van der Waals surface area contributed by atoms with E-state index in [2.05, 4.69) is 4.98 Å². The van der Waals surface area contributed by atoms with Crippen LogP contribution in [0, 0.1) is 6.92 Å². The van der Waals surface area contributed by atoms with Crippen molar-refractivity contribution in [2.75, 3.05) is 14.2 Å². The van der Waals surface area contributed by atoms with Gasteiger partial charge in [-0.25, -0.2) is 4.98 Å². The number of ether oxygens (including phenoxy) is 2. The van der Waals surface area contributed by atoms with E-state index in [0.717, 1.165) is 28.4 Å². The van der Waals surface area contributed by atoms with Crippen LogP contribution < -0.4 is 9.47 Å². The van der Waals surface area contributed by atoms with Crippen LogP contribution in [0.5, 0.6) is 11.5 Å². The standard InChI is InChI=1S/C11H14N2O2/c1-7-12-10-8(14-3)5-6-9(15-4)11(10)13(7)2/h5-6H,1-4H3. The molecule has 0 aliphatic carbocycles. The third-order valence-electron chi connectivity index (χ3n) is 2.61. The fraction of sp³-hybridized carbons (Fsp3) is 0.364. The number of aryl methyl sites for hydroxylation is 2. The Hall–Kier alpha value is -1.71. The third-order valence-corrected chi connectivity index (χ3v) is 2.61. The summed E-state index contributed by atoms with van der Waals surface area (Å²) in [5.74, 6) is 2.52. The lowest BCUT2D eigenvalue weighted by Gasteiger charge is -2.06. The van der Waals surface area contributed by atoms with Crippen molar-refractivity contribution in [3.05, 3.63) is 18.0 Å². The Balaban J connectivity index is 2.86. The smallest absolute Gasteiger partial charge is 0.146 e. The minimum Gasteiger partial charge on any atom is -0.494 e. The van der Waals surface area contributed by atoms with Crippen LogP contribution in [0.25, 0.3) is 11.0 Å². The van der Waals surface area contributed by atoms with Crippen molar-refractivity contribution >= 4 is 11.0 Å². The van der Waals surface area contributed by atoms with Gasteiger partial charge in [0, 0.05) is 7.05 Å². The van der Waals surface area contributed by atoms with Crippen LogP contribution in [0.15, 0.2) is 12.1 Å². The first-order valence-corrected chi connectivity index (χ1v) is 4.73. The lowest BCUT2D eigenvalue weighted by Crippen LogP contribution is -1.94.